The van der Waals surface area contributed by atoms with Gasteiger partial charge in [0.2, 0.25) is 0 Å². The predicted octanol–water partition coefficient (Wildman–Crippen LogP) is 7.42. The maximum Gasteiger partial charge on any atom is 0.330 e. The van der Waals surface area contributed by atoms with Crippen molar-refractivity contribution in [3.05, 3.63) is 169 Å². The highest BCUT2D eigenvalue weighted by atomic mass is 16.6. The molecule has 0 heterocycles. The van der Waals surface area contributed by atoms with E-state index < -0.39 is 77.1 Å². The largest absolute Gasteiger partial charge is 0.490 e. The van der Waals surface area contributed by atoms with Gasteiger partial charge in [-0.25, -0.2) is 9.59 Å². The average molecular weight is 911 g/mol. The molecule has 0 saturated carbocycles. The molecule has 67 heavy (non-hydrogen) atoms. The zero-order valence-corrected chi connectivity index (χ0v) is 36.5. The summed E-state index contributed by atoms with van der Waals surface area (Å²) in [5.41, 5.74) is 5.11. The number of rotatable bonds is 20. The molecule has 3 aliphatic carbocycles. The van der Waals surface area contributed by atoms with Gasteiger partial charge in [-0.1, -0.05) is 110 Å². The van der Waals surface area contributed by atoms with Gasteiger partial charge in [-0.05, 0) is 83.3 Å². The van der Waals surface area contributed by atoms with E-state index in [1.54, 1.807) is 48.6 Å². The van der Waals surface area contributed by atoms with Crippen LogP contribution in [0.1, 0.15) is 47.9 Å². The summed E-state index contributed by atoms with van der Waals surface area (Å²) >= 11 is 0. The van der Waals surface area contributed by atoms with Crippen LogP contribution in [0.15, 0.2) is 147 Å². The van der Waals surface area contributed by atoms with Crippen LogP contribution >= 0.6 is 0 Å². The molecule has 4 aromatic carbocycles. The molecular formula is C53H50O14. The minimum atomic E-state index is -1.10. The second kappa shape index (κ2) is 21.5. The number of allylic oxidation sites excluding steroid dienone is 4. The number of carbonyl (C=O) groups is 6. The predicted molar refractivity (Wildman–Crippen MR) is 243 cm³/mol. The molecule has 0 amide bonds. The van der Waals surface area contributed by atoms with Crippen molar-refractivity contribution < 1.29 is 67.4 Å². The molecule has 6 atom stereocenters. The summed E-state index contributed by atoms with van der Waals surface area (Å²) < 4.78 is 34.1. The zero-order chi connectivity index (χ0) is 47.5. The van der Waals surface area contributed by atoms with Crippen molar-refractivity contribution in [2.75, 3.05) is 26.4 Å². The third-order valence-corrected chi connectivity index (χ3v) is 12.2. The Kier molecular flexibility index (Phi) is 15.2. The van der Waals surface area contributed by atoms with Crippen molar-refractivity contribution >= 4 is 35.8 Å². The number of carbonyl (C=O) groups excluding carboxylic acids is 4. The van der Waals surface area contributed by atoms with E-state index >= 15 is 0 Å². The molecule has 0 radical (unpaired) electrons. The van der Waals surface area contributed by atoms with Crippen molar-refractivity contribution in [1.82, 2.24) is 0 Å². The highest BCUT2D eigenvalue weighted by molar-refractivity contribution is 5.87. The Morgan fingerprint density at radius 1 is 0.522 bits per heavy atom. The van der Waals surface area contributed by atoms with Gasteiger partial charge < -0.3 is 38.6 Å². The lowest BCUT2D eigenvalue weighted by atomic mass is 9.68. The second-order valence-corrected chi connectivity index (χ2v) is 16.3. The fourth-order valence-corrected chi connectivity index (χ4v) is 8.90. The Bertz CT molecular complexity index is 2380. The van der Waals surface area contributed by atoms with Gasteiger partial charge in [0.1, 0.15) is 37.9 Å². The van der Waals surface area contributed by atoms with E-state index in [1.165, 1.54) is 0 Å². The highest BCUT2D eigenvalue weighted by Gasteiger charge is 2.46. The van der Waals surface area contributed by atoms with E-state index in [0.29, 0.717) is 11.5 Å². The van der Waals surface area contributed by atoms with Crippen LogP contribution < -0.4 is 9.47 Å². The summed E-state index contributed by atoms with van der Waals surface area (Å²) in [5, 5.41) is 19.4. The lowest BCUT2D eigenvalue weighted by Crippen LogP contribution is -2.37. The van der Waals surface area contributed by atoms with Crippen LogP contribution in [0.5, 0.6) is 11.5 Å². The number of hydrogen-bond donors (Lipinski definition) is 2. The number of aliphatic carboxylic acids is 2. The average Bonchev–Trinajstić information content (AvgIpc) is 3.66. The van der Waals surface area contributed by atoms with Crippen LogP contribution in [0.2, 0.25) is 0 Å². The number of fused-ring (bicyclic) bond motifs is 3. The quantitative estimate of drug-likeness (QED) is 0.0338. The minimum absolute atomic E-state index is 0.190. The highest BCUT2D eigenvalue weighted by Crippen LogP contribution is 2.56. The molecule has 6 unspecified atom stereocenters. The van der Waals surface area contributed by atoms with Crippen molar-refractivity contribution in [1.29, 1.82) is 0 Å². The van der Waals surface area contributed by atoms with Crippen LogP contribution in [-0.4, -0.2) is 84.7 Å². The number of carboxylic acids is 2. The van der Waals surface area contributed by atoms with Crippen LogP contribution in [0.4, 0.5) is 0 Å². The van der Waals surface area contributed by atoms with E-state index in [4.69, 9.17) is 28.4 Å². The van der Waals surface area contributed by atoms with Gasteiger partial charge in [-0.3, -0.25) is 19.2 Å². The van der Waals surface area contributed by atoms with Crippen molar-refractivity contribution in [3.8, 4) is 22.6 Å². The molecule has 0 spiro atoms. The number of ether oxygens (including phenoxy) is 6. The van der Waals surface area contributed by atoms with Crippen molar-refractivity contribution in [2.24, 2.45) is 23.7 Å². The zero-order valence-electron chi connectivity index (χ0n) is 36.5. The summed E-state index contributed by atoms with van der Waals surface area (Å²) in [6.07, 6.45) is 7.57. The smallest absolute Gasteiger partial charge is 0.330 e. The maximum absolute atomic E-state index is 13.3. The van der Waals surface area contributed by atoms with Crippen LogP contribution in [0.25, 0.3) is 11.1 Å². The van der Waals surface area contributed by atoms with E-state index in [2.05, 4.69) is 37.4 Å². The molecule has 0 aliphatic heterocycles. The fourth-order valence-electron chi connectivity index (χ4n) is 8.90. The molecular weight excluding hydrogens is 861 g/mol. The van der Waals surface area contributed by atoms with Crippen molar-refractivity contribution in [3.63, 3.8) is 0 Å². The summed E-state index contributed by atoms with van der Waals surface area (Å²) in [5.74, 6) is -7.99. The van der Waals surface area contributed by atoms with Gasteiger partial charge in [0.05, 0.1) is 29.1 Å². The maximum atomic E-state index is 13.3. The third kappa shape index (κ3) is 10.5. The first-order chi connectivity index (χ1) is 32.4. The molecule has 14 heteroatoms. The Balaban J connectivity index is 1.13. The van der Waals surface area contributed by atoms with Gasteiger partial charge >= 0.3 is 35.8 Å². The van der Waals surface area contributed by atoms with Crippen LogP contribution in [-0.2, 0) is 53.1 Å². The molecule has 0 bridgehead atoms. The van der Waals surface area contributed by atoms with E-state index in [0.717, 1.165) is 45.5 Å². The minimum Gasteiger partial charge on any atom is -0.490 e. The normalized spacial score (nSPS) is 19.5. The number of benzene rings is 4. The number of esters is 4. The first kappa shape index (κ1) is 47.2. The Labute approximate surface area is 387 Å². The van der Waals surface area contributed by atoms with Crippen LogP contribution in [0.3, 0.4) is 0 Å². The Morgan fingerprint density at radius 2 is 0.881 bits per heavy atom. The molecule has 14 nitrogen and oxygen atoms in total. The summed E-state index contributed by atoms with van der Waals surface area (Å²) in [6.45, 7) is 5.74. The Hall–Kier alpha value is -7.74. The van der Waals surface area contributed by atoms with Crippen molar-refractivity contribution in [2.45, 2.75) is 43.3 Å². The molecule has 3 aliphatic rings. The third-order valence-electron chi connectivity index (χ3n) is 12.2. The molecule has 2 N–H and O–H groups in total. The van der Waals surface area contributed by atoms with Crippen LogP contribution in [0, 0.1) is 23.7 Å². The SMILES string of the molecule is C=CC(=O)OCC(COc1ccc(C2(c3ccc(OCC(COC(=O)C=C)OC(=O)C4CC=CCC4C(=O)O)cc3)c3ccccc3-c3ccccc32)cc1)OC(=O)C1CC=CCC1C(=O)O. The van der Waals surface area contributed by atoms with Gasteiger partial charge in [-0.15, -0.1) is 0 Å². The van der Waals surface area contributed by atoms with E-state index in [-0.39, 0.29) is 52.1 Å². The molecule has 0 fully saturated rings. The Morgan fingerprint density at radius 3 is 1.24 bits per heavy atom. The monoisotopic (exact) mass is 910 g/mol. The number of hydrogen-bond acceptors (Lipinski definition) is 12. The second-order valence-electron chi connectivity index (χ2n) is 16.3. The molecule has 0 aromatic heterocycles. The first-order valence-electron chi connectivity index (χ1n) is 21.9. The van der Waals surface area contributed by atoms with E-state index in [1.807, 2.05) is 48.5 Å². The first-order valence-corrected chi connectivity index (χ1v) is 21.9. The van der Waals surface area contributed by atoms with Gasteiger partial charge in [-0.2, -0.15) is 0 Å². The molecule has 7 rings (SSSR count). The molecule has 4 aromatic rings. The lowest BCUT2D eigenvalue weighted by Gasteiger charge is -2.34. The van der Waals surface area contributed by atoms with Gasteiger partial charge in [0, 0.05) is 12.2 Å². The van der Waals surface area contributed by atoms with Gasteiger partial charge in [0.25, 0.3) is 0 Å². The van der Waals surface area contributed by atoms with E-state index in [9.17, 15) is 39.0 Å². The summed E-state index contributed by atoms with van der Waals surface area (Å²) in [6, 6.07) is 31.3. The molecule has 346 valence electrons. The lowest BCUT2D eigenvalue weighted by molar-refractivity contribution is -0.167. The summed E-state index contributed by atoms with van der Waals surface area (Å²) in [4.78, 5) is 74.3. The molecule has 0 saturated heterocycles. The number of carboxylic acid groups (broad SMARTS) is 2. The standard InChI is InChI=1S/C53H50O14/c1-3-47(54)64-31-37(66-51(60)43-17-7-5-15-41(43)49(56)57)29-62-35-25-21-33(22-26-35)53(45-19-11-9-13-39(45)40-14-10-12-20-46(40)53)34-23-27-36(28-24-34)63-30-38(32-65-48(55)4-2)67-52(61)44-18-8-6-16-42(44)50(58)59/h3-14,19-28,37-38,41-44H,1-2,15-18,29-32H2,(H,56,57)(H,58,59). The topological polar surface area (TPSA) is 198 Å². The summed E-state index contributed by atoms with van der Waals surface area (Å²) in [7, 11) is 0. The fraction of sp³-hybridized carbons (Fsp3) is 0.283. The van der Waals surface area contributed by atoms with Gasteiger partial charge in [0.15, 0.2) is 12.2 Å².